The van der Waals surface area contributed by atoms with Gasteiger partial charge in [-0.05, 0) is 25.1 Å². The minimum Gasteiger partial charge on any atom is -0.397 e. The Morgan fingerprint density at radius 2 is 2.35 bits per heavy atom. The number of nitrogens with zero attached hydrogens (tertiary/aromatic N) is 4. The Morgan fingerprint density at radius 3 is 2.95 bits per heavy atom. The van der Waals surface area contributed by atoms with Gasteiger partial charge in [0.15, 0.2) is 0 Å². The minimum absolute atomic E-state index is 0.00987. The van der Waals surface area contributed by atoms with Crippen molar-refractivity contribution in [2.24, 2.45) is 0 Å². The first-order valence-corrected chi connectivity index (χ1v) is 6.06. The van der Waals surface area contributed by atoms with Crippen molar-refractivity contribution in [1.29, 1.82) is 5.26 Å². The van der Waals surface area contributed by atoms with Crippen molar-refractivity contribution in [2.75, 3.05) is 11.1 Å². The Morgan fingerprint density at radius 1 is 1.60 bits per heavy atom. The molecule has 0 fully saturated rings. The highest BCUT2D eigenvalue weighted by atomic mass is 35.5. The highest BCUT2D eigenvalue weighted by molar-refractivity contribution is 6.31. The van der Waals surface area contributed by atoms with Gasteiger partial charge in [-0.3, -0.25) is 4.79 Å². The average molecular weight is 291 g/mol. The number of nitrogens with one attached hydrogen (secondary N) is 1. The summed E-state index contributed by atoms with van der Waals surface area (Å²) in [6, 6.07) is 5.96. The number of amides is 1. The maximum Gasteiger partial charge on any atom is 0.252 e. The highest BCUT2D eigenvalue weighted by Crippen LogP contribution is 2.23. The molecule has 1 heterocycles. The number of anilines is 2. The number of benzene rings is 1. The van der Waals surface area contributed by atoms with Crippen molar-refractivity contribution in [2.45, 2.75) is 13.0 Å². The molecule has 1 aromatic carbocycles. The lowest BCUT2D eigenvalue weighted by Crippen LogP contribution is -2.24. The molecule has 0 saturated carbocycles. The first-order chi connectivity index (χ1) is 9.51. The summed E-state index contributed by atoms with van der Waals surface area (Å²) < 4.78 is 1.31. The van der Waals surface area contributed by atoms with Crippen LogP contribution in [0.3, 0.4) is 0 Å². The highest BCUT2D eigenvalue weighted by Gasteiger charge is 2.17. The van der Waals surface area contributed by atoms with E-state index in [0.717, 1.165) is 0 Å². The number of nitrogens with two attached hydrogens (primary N) is 1. The second-order valence-electron chi connectivity index (χ2n) is 4.06. The van der Waals surface area contributed by atoms with Crippen LogP contribution < -0.4 is 11.1 Å². The molecule has 2 rings (SSSR count). The van der Waals surface area contributed by atoms with E-state index in [1.54, 1.807) is 31.2 Å². The summed E-state index contributed by atoms with van der Waals surface area (Å²) in [5.41, 5.74) is 6.59. The van der Waals surface area contributed by atoms with Crippen molar-refractivity contribution < 1.29 is 4.79 Å². The molecule has 1 aromatic heterocycles. The van der Waals surface area contributed by atoms with Gasteiger partial charge < -0.3 is 11.1 Å². The molecule has 1 atom stereocenters. The second-order valence-corrected chi connectivity index (χ2v) is 4.49. The average Bonchev–Trinajstić information content (AvgIpc) is 2.89. The number of aromatic nitrogens is 3. The third-order valence-electron chi connectivity index (χ3n) is 2.66. The van der Waals surface area contributed by atoms with Gasteiger partial charge in [0, 0.05) is 5.02 Å². The Bertz CT molecular complexity index is 689. The van der Waals surface area contributed by atoms with Gasteiger partial charge in [0.1, 0.15) is 18.4 Å². The Balaban J connectivity index is 2.13. The quantitative estimate of drug-likeness (QED) is 0.834. The third-order valence-corrected chi connectivity index (χ3v) is 2.89. The van der Waals surface area contributed by atoms with E-state index in [9.17, 15) is 4.79 Å². The molecular weight excluding hydrogens is 280 g/mol. The maximum absolute atomic E-state index is 12.1. The van der Waals surface area contributed by atoms with Gasteiger partial charge in [0.05, 0.1) is 11.4 Å². The summed E-state index contributed by atoms with van der Waals surface area (Å²) in [5, 5.41) is 15.7. The molecule has 0 aliphatic carbocycles. The van der Waals surface area contributed by atoms with Crippen molar-refractivity contribution in [3.05, 3.63) is 35.4 Å². The van der Waals surface area contributed by atoms with E-state index in [1.165, 1.54) is 11.0 Å². The van der Waals surface area contributed by atoms with Crippen molar-refractivity contribution >= 4 is 28.9 Å². The van der Waals surface area contributed by atoms with Crippen molar-refractivity contribution in [3.8, 4) is 6.07 Å². The van der Waals surface area contributed by atoms with Crippen LogP contribution in [0.5, 0.6) is 0 Å². The lowest BCUT2D eigenvalue weighted by molar-refractivity contribution is -0.119. The molecule has 102 valence electrons. The molecule has 0 radical (unpaired) electrons. The zero-order valence-corrected chi connectivity index (χ0v) is 11.3. The summed E-state index contributed by atoms with van der Waals surface area (Å²) in [7, 11) is 0. The molecule has 0 spiro atoms. The molecule has 20 heavy (non-hydrogen) atoms. The van der Waals surface area contributed by atoms with Crippen LogP contribution in [0, 0.1) is 11.3 Å². The SMILES string of the molecule is CC(C(=O)Nc1ccc(Cl)cc1N)n1cnc(C#N)n1. The van der Waals surface area contributed by atoms with Crippen LogP contribution in [0.4, 0.5) is 11.4 Å². The number of rotatable bonds is 3. The number of hydrogen-bond donors (Lipinski definition) is 2. The molecule has 2 aromatic rings. The Hall–Kier alpha value is -2.59. The number of carbonyl (C=O) groups excluding carboxylic acids is 1. The van der Waals surface area contributed by atoms with E-state index in [0.29, 0.717) is 16.4 Å². The third kappa shape index (κ3) is 2.87. The van der Waals surface area contributed by atoms with Crippen LogP contribution in [0.2, 0.25) is 5.02 Å². The van der Waals surface area contributed by atoms with Gasteiger partial charge in [-0.15, -0.1) is 5.10 Å². The van der Waals surface area contributed by atoms with Gasteiger partial charge >= 0.3 is 0 Å². The first-order valence-electron chi connectivity index (χ1n) is 5.68. The first kappa shape index (κ1) is 13.8. The topological polar surface area (TPSA) is 110 Å². The van der Waals surface area contributed by atoms with E-state index in [1.807, 2.05) is 0 Å². The van der Waals surface area contributed by atoms with Crippen LogP contribution in [-0.2, 0) is 4.79 Å². The maximum atomic E-state index is 12.1. The largest absolute Gasteiger partial charge is 0.397 e. The fraction of sp³-hybridized carbons (Fsp3) is 0.167. The molecule has 1 unspecified atom stereocenters. The normalized spacial score (nSPS) is 11.7. The number of nitrogen functional groups attached to an aromatic ring is 1. The molecule has 8 heteroatoms. The molecule has 3 N–H and O–H groups in total. The Labute approximate surface area is 120 Å². The zero-order valence-electron chi connectivity index (χ0n) is 10.5. The van der Waals surface area contributed by atoms with Crippen molar-refractivity contribution in [3.63, 3.8) is 0 Å². The Kier molecular flexibility index (Phi) is 3.86. The molecule has 0 aliphatic rings. The number of carbonyl (C=O) groups is 1. The van der Waals surface area contributed by atoms with Crippen LogP contribution in [0.25, 0.3) is 0 Å². The van der Waals surface area contributed by atoms with Crippen LogP contribution in [-0.4, -0.2) is 20.7 Å². The molecular formula is C12H11ClN6O. The van der Waals surface area contributed by atoms with Gasteiger partial charge in [0.25, 0.3) is 5.82 Å². The zero-order chi connectivity index (χ0) is 14.7. The summed E-state index contributed by atoms with van der Waals surface area (Å²) in [6.45, 7) is 1.64. The molecule has 1 amide bonds. The van der Waals surface area contributed by atoms with Crippen LogP contribution >= 0.6 is 11.6 Å². The predicted molar refractivity (Wildman–Crippen MR) is 73.9 cm³/mol. The van der Waals surface area contributed by atoms with E-state index in [4.69, 9.17) is 22.6 Å². The summed E-state index contributed by atoms with van der Waals surface area (Å²) in [5.74, 6) is -0.316. The van der Waals surface area contributed by atoms with Crippen LogP contribution in [0.1, 0.15) is 18.8 Å². The summed E-state index contributed by atoms with van der Waals surface area (Å²) in [4.78, 5) is 15.8. The van der Waals surface area contributed by atoms with Gasteiger partial charge in [-0.1, -0.05) is 11.6 Å². The number of hydrogen-bond acceptors (Lipinski definition) is 5. The van der Waals surface area contributed by atoms with Crippen LogP contribution in [0.15, 0.2) is 24.5 Å². The smallest absolute Gasteiger partial charge is 0.252 e. The summed E-state index contributed by atoms with van der Waals surface area (Å²) in [6.07, 6.45) is 1.33. The predicted octanol–water partition coefficient (Wildman–Crippen LogP) is 1.59. The standard InChI is InChI=1S/C12H11ClN6O/c1-7(19-6-16-11(5-14)18-19)12(20)17-10-3-2-8(13)4-9(10)15/h2-4,6-7H,15H2,1H3,(H,17,20). The van der Waals surface area contributed by atoms with E-state index in [-0.39, 0.29) is 11.7 Å². The van der Waals surface area contributed by atoms with Gasteiger partial charge in [-0.25, -0.2) is 9.67 Å². The number of nitriles is 1. The van der Waals surface area contributed by atoms with E-state index in [2.05, 4.69) is 15.4 Å². The fourth-order valence-corrected chi connectivity index (χ4v) is 1.70. The lowest BCUT2D eigenvalue weighted by Gasteiger charge is -2.13. The van der Waals surface area contributed by atoms with E-state index < -0.39 is 6.04 Å². The molecule has 0 bridgehead atoms. The molecule has 0 aliphatic heterocycles. The number of halogens is 1. The molecule has 0 saturated heterocycles. The fourth-order valence-electron chi connectivity index (χ4n) is 1.52. The van der Waals surface area contributed by atoms with Gasteiger partial charge in [0.2, 0.25) is 5.91 Å². The monoisotopic (exact) mass is 290 g/mol. The minimum atomic E-state index is -0.625. The molecule has 7 nitrogen and oxygen atoms in total. The van der Waals surface area contributed by atoms with Crippen molar-refractivity contribution in [1.82, 2.24) is 14.8 Å². The lowest BCUT2D eigenvalue weighted by atomic mass is 10.2. The van der Waals surface area contributed by atoms with Gasteiger partial charge in [-0.2, -0.15) is 5.26 Å². The second kappa shape index (κ2) is 5.59. The summed E-state index contributed by atoms with van der Waals surface area (Å²) >= 11 is 5.78. The van der Waals surface area contributed by atoms with E-state index >= 15 is 0 Å².